The van der Waals surface area contributed by atoms with Gasteiger partial charge in [-0.1, -0.05) is 37.1 Å². The zero-order valence-corrected chi connectivity index (χ0v) is 17.5. The van der Waals surface area contributed by atoms with Crippen molar-refractivity contribution in [3.05, 3.63) is 35.4 Å². The number of aliphatic imine (C=N–C) groups is 1. The third-order valence-electron chi connectivity index (χ3n) is 6.71. The fourth-order valence-electron chi connectivity index (χ4n) is 4.92. The first-order chi connectivity index (χ1) is 13.8. The van der Waals surface area contributed by atoms with Crippen LogP contribution in [0.1, 0.15) is 49.7 Å². The first-order valence-electron chi connectivity index (χ1n) is 11.1. The molecule has 5 nitrogen and oxygen atoms in total. The molecule has 3 aliphatic rings. The minimum absolute atomic E-state index is 0.368. The number of hydrogen-bond acceptors (Lipinski definition) is 3. The van der Waals surface area contributed by atoms with E-state index in [0.29, 0.717) is 5.41 Å². The molecule has 1 atom stereocenters. The van der Waals surface area contributed by atoms with Crippen molar-refractivity contribution in [2.45, 2.75) is 51.6 Å². The number of nitrogens with one attached hydrogen (secondary N) is 1. The topological polar surface area (TPSA) is 40.1 Å². The van der Waals surface area contributed by atoms with Gasteiger partial charge in [0.1, 0.15) is 0 Å². The van der Waals surface area contributed by atoms with E-state index >= 15 is 0 Å². The average Bonchev–Trinajstić information content (AvgIpc) is 3.27. The highest BCUT2D eigenvalue weighted by Gasteiger charge is 2.42. The molecule has 1 aromatic rings. The maximum Gasteiger partial charge on any atom is 0.193 e. The van der Waals surface area contributed by atoms with E-state index in [0.717, 1.165) is 45.4 Å². The van der Waals surface area contributed by atoms with Gasteiger partial charge in [-0.2, -0.15) is 0 Å². The summed E-state index contributed by atoms with van der Waals surface area (Å²) in [4.78, 5) is 9.54. The summed E-state index contributed by atoms with van der Waals surface area (Å²) in [5, 5.41) is 3.57. The summed E-state index contributed by atoms with van der Waals surface area (Å²) in [7, 11) is 1.89. The SMILES string of the molecule is CN=C(NCc1ccc(CN2CCCCCC2)cc1)N1CCC2(CCOC2)C1. The van der Waals surface area contributed by atoms with Crippen LogP contribution in [0.4, 0.5) is 0 Å². The molecule has 3 aliphatic heterocycles. The van der Waals surface area contributed by atoms with Gasteiger partial charge < -0.3 is 15.0 Å². The summed E-state index contributed by atoms with van der Waals surface area (Å²) < 4.78 is 5.66. The Morgan fingerprint density at radius 1 is 1.04 bits per heavy atom. The van der Waals surface area contributed by atoms with Crippen molar-refractivity contribution in [1.82, 2.24) is 15.1 Å². The van der Waals surface area contributed by atoms with Crippen LogP contribution < -0.4 is 5.32 Å². The lowest BCUT2D eigenvalue weighted by molar-refractivity contribution is 0.156. The number of benzene rings is 1. The number of ether oxygens (including phenoxy) is 1. The molecule has 28 heavy (non-hydrogen) atoms. The van der Waals surface area contributed by atoms with Crippen LogP contribution in [0.5, 0.6) is 0 Å². The first kappa shape index (κ1) is 19.7. The van der Waals surface area contributed by atoms with Crippen molar-refractivity contribution in [2.24, 2.45) is 10.4 Å². The van der Waals surface area contributed by atoms with Gasteiger partial charge in [-0.25, -0.2) is 0 Å². The van der Waals surface area contributed by atoms with Crippen LogP contribution in [0.3, 0.4) is 0 Å². The minimum Gasteiger partial charge on any atom is -0.381 e. The van der Waals surface area contributed by atoms with E-state index in [-0.39, 0.29) is 0 Å². The standard InChI is InChI=1S/C23H36N4O/c1-24-22(27-14-10-23(18-27)11-15-28-19-23)25-16-20-6-8-21(9-7-20)17-26-12-4-2-3-5-13-26/h6-9H,2-5,10-19H2,1H3,(H,24,25). The van der Waals surface area contributed by atoms with Crippen LogP contribution >= 0.6 is 0 Å². The Morgan fingerprint density at radius 2 is 1.79 bits per heavy atom. The molecule has 154 valence electrons. The van der Waals surface area contributed by atoms with Gasteiger partial charge in [0.05, 0.1) is 6.61 Å². The van der Waals surface area contributed by atoms with Crippen LogP contribution in [0, 0.1) is 5.41 Å². The van der Waals surface area contributed by atoms with E-state index in [4.69, 9.17) is 4.74 Å². The lowest BCUT2D eigenvalue weighted by Crippen LogP contribution is -2.41. The predicted molar refractivity (Wildman–Crippen MR) is 114 cm³/mol. The molecule has 1 spiro atoms. The summed E-state index contributed by atoms with van der Waals surface area (Å²) in [6.45, 7) is 8.41. The lowest BCUT2D eigenvalue weighted by atomic mass is 9.87. The predicted octanol–water partition coefficient (Wildman–Crippen LogP) is 3.25. The van der Waals surface area contributed by atoms with Crippen LogP contribution in [0.25, 0.3) is 0 Å². The zero-order valence-electron chi connectivity index (χ0n) is 17.5. The second-order valence-electron chi connectivity index (χ2n) is 8.88. The van der Waals surface area contributed by atoms with Crippen molar-refractivity contribution < 1.29 is 4.74 Å². The third kappa shape index (κ3) is 4.87. The molecule has 0 amide bonds. The summed E-state index contributed by atoms with van der Waals surface area (Å²) in [6.07, 6.45) is 7.91. The fourth-order valence-corrected chi connectivity index (χ4v) is 4.92. The average molecular weight is 385 g/mol. The van der Waals surface area contributed by atoms with E-state index in [9.17, 15) is 0 Å². The summed E-state index contributed by atoms with van der Waals surface area (Å²) in [5.74, 6) is 1.03. The molecule has 0 aromatic heterocycles. The van der Waals surface area contributed by atoms with Gasteiger partial charge in [-0.05, 0) is 49.9 Å². The maximum absolute atomic E-state index is 5.66. The maximum atomic E-state index is 5.66. The van der Waals surface area contributed by atoms with Gasteiger partial charge in [0.15, 0.2) is 5.96 Å². The molecule has 4 rings (SSSR count). The van der Waals surface area contributed by atoms with Gasteiger partial charge in [-0.3, -0.25) is 9.89 Å². The minimum atomic E-state index is 0.368. The molecule has 3 heterocycles. The summed E-state index contributed by atoms with van der Waals surface area (Å²) >= 11 is 0. The first-order valence-corrected chi connectivity index (χ1v) is 11.1. The van der Waals surface area contributed by atoms with Gasteiger partial charge in [0.25, 0.3) is 0 Å². The molecule has 0 radical (unpaired) electrons. The summed E-state index contributed by atoms with van der Waals surface area (Å²) in [5.41, 5.74) is 3.11. The number of rotatable bonds is 4. The van der Waals surface area contributed by atoms with Crippen molar-refractivity contribution in [3.63, 3.8) is 0 Å². The van der Waals surface area contributed by atoms with Crippen molar-refractivity contribution in [2.75, 3.05) is 46.4 Å². The third-order valence-corrected chi connectivity index (χ3v) is 6.71. The van der Waals surface area contributed by atoms with E-state index in [1.165, 1.54) is 62.7 Å². The molecule has 1 N–H and O–H groups in total. The van der Waals surface area contributed by atoms with Crippen LogP contribution in [0.15, 0.2) is 29.3 Å². The van der Waals surface area contributed by atoms with Crippen molar-refractivity contribution in [3.8, 4) is 0 Å². The molecule has 1 unspecified atom stereocenters. The fraction of sp³-hybridized carbons (Fsp3) is 0.696. The molecular formula is C23H36N4O. The van der Waals surface area contributed by atoms with Crippen molar-refractivity contribution >= 4 is 5.96 Å². The van der Waals surface area contributed by atoms with E-state index in [1.807, 2.05) is 7.05 Å². The van der Waals surface area contributed by atoms with Gasteiger partial charge in [0.2, 0.25) is 0 Å². The Bertz CT molecular complexity index is 643. The number of guanidine groups is 1. The number of hydrogen-bond donors (Lipinski definition) is 1. The Hall–Kier alpha value is -1.59. The smallest absolute Gasteiger partial charge is 0.193 e. The Kier molecular flexibility index (Phi) is 6.53. The van der Waals surface area contributed by atoms with Crippen LogP contribution in [0.2, 0.25) is 0 Å². The monoisotopic (exact) mass is 384 g/mol. The normalized spacial score (nSPS) is 26.8. The van der Waals surface area contributed by atoms with Gasteiger partial charge in [-0.15, -0.1) is 0 Å². The van der Waals surface area contributed by atoms with Crippen LogP contribution in [-0.2, 0) is 17.8 Å². The van der Waals surface area contributed by atoms with E-state index in [2.05, 4.69) is 44.4 Å². The van der Waals surface area contributed by atoms with Gasteiger partial charge >= 0.3 is 0 Å². The highest BCUT2D eigenvalue weighted by atomic mass is 16.5. The Balaban J connectivity index is 1.27. The highest BCUT2D eigenvalue weighted by Crippen LogP contribution is 2.38. The second kappa shape index (κ2) is 9.27. The van der Waals surface area contributed by atoms with Crippen molar-refractivity contribution in [1.29, 1.82) is 0 Å². The molecule has 0 saturated carbocycles. The number of nitrogens with zero attached hydrogens (tertiary/aromatic N) is 3. The zero-order chi connectivity index (χ0) is 19.2. The van der Waals surface area contributed by atoms with Crippen LogP contribution in [-0.4, -0.2) is 62.2 Å². The number of likely N-dealkylation sites (tertiary alicyclic amines) is 2. The molecular weight excluding hydrogens is 348 g/mol. The molecule has 5 heteroatoms. The quantitative estimate of drug-likeness (QED) is 0.639. The Morgan fingerprint density at radius 3 is 2.46 bits per heavy atom. The second-order valence-corrected chi connectivity index (χ2v) is 8.88. The van der Waals surface area contributed by atoms with E-state index in [1.54, 1.807) is 0 Å². The molecule has 3 fully saturated rings. The summed E-state index contributed by atoms with van der Waals surface area (Å²) in [6, 6.07) is 9.13. The molecule has 0 aliphatic carbocycles. The molecule has 3 saturated heterocycles. The molecule has 0 bridgehead atoms. The van der Waals surface area contributed by atoms with E-state index < -0.39 is 0 Å². The lowest BCUT2D eigenvalue weighted by Gasteiger charge is -2.25. The van der Waals surface area contributed by atoms with Gasteiger partial charge in [0, 0.05) is 45.2 Å². The Labute approximate surface area is 170 Å². The highest BCUT2D eigenvalue weighted by molar-refractivity contribution is 5.80. The largest absolute Gasteiger partial charge is 0.381 e. The molecule has 1 aromatic carbocycles.